The molecular formula is C14H20ClIN2O. The van der Waals surface area contributed by atoms with E-state index in [1.165, 1.54) is 0 Å². The van der Waals surface area contributed by atoms with Crippen molar-refractivity contribution in [1.82, 2.24) is 10.2 Å². The van der Waals surface area contributed by atoms with Crippen LogP contribution in [0.1, 0.15) is 28.8 Å². The molecule has 0 bridgehead atoms. The first-order valence-corrected chi connectivity index (χ1v) is 7.43. The van der Waals surface area contributed by atoms with Crippen molar-refractivity contribution in [3.8, 4) is 0 Å². The van der Waals surface area contributed by atoms with Crippen molar-refractivity contribution in [3.63, 3.8) is 0 Å². The van der Waals surface area contributed by atoms with E-state index in [2.05, 4.69) is 27.9 Å². The first-order valence-electron chi connectivity index (χ1n) is 6.35. The first-order chi connectivity index (χ1) is 8.63. The van der Waals surface area contributed by atoms with Gasteiger partial charge in [-0.25, -0.2) is 0 Å². The molecule has 19 heavy (non-hydrogen) atoms. The summed E-state index contributed by atoms with van der Waals surface area (Å²) in [5.41, 5.74) is 1.94. The van der Waals surface area contributed by atoms with E-state index in [0.717, 1.165) is 40.6 Å². The van der Waals surface area contributed by atoms with E-state index in [0.29, 0.717) is 6.04 Å². The van der Waals surface area contributed by atoms with E-state index in [1.54, 1.807) is 0 Å². The molecule has 1 aliphatic heterocycles. The molecular weight excluding hydrogens is 375 g/mol. The fraction of sp³-hybridized carbons (Fsp3) is 0.500. The molecule has 2 rings (SSSR count). The first kappa shape index (κ1) is 16.7. The number of piperidine rings is 1. The van der Waals surface area contributed by atoms with Gasteiger partial charge in [0.1, 0.15) is 0 Å². The number of likely N-dealkylation sites (N-methyl/N-ethyl adjacent to an activating group) is 1. The van der Waals surface area contributed by atoms with Gasteiger partial charge in [-0.1, -0.05) is 6.07 Å². The lowest BCUT2D eigenvalue weighted by Gasteiger charge is -2.33. The molecule has 0 radical (unpaired) electrons. The van der Waals surface area contributed by atoms with Crippen molar-refractivity contribution >= 4 is 40.9 Å². The molecule has 0 saturated carbocycles. The molecule has 1 heterocycles. The van der Waals surface area contributed by atoms with E-state index >= 15 is 0 Å². The normalized spacial score (nSPS) is 18.9. The van der Waals surface area contributed by atoms with Crippen molar-refractivity contribution in [2.75, 3.05) is 20.1 Å². The highest BCUT2D eigenvalue weighted by Gasteiger charge is 2.24. The Bertz CT molecular complexity index is 453. The van der Waals surface area contributed by atoms with E-state index in [4.69, 9.17) is 0 Å². The van der Waals surface area contributed by atoms with Gasteiger partial charge in [-0.15, -0.1) is 12.4 Å². The summed E-state index contributed by atoms with van der Waals surface area (Å²) in [7, 11) is 1.97. The second-order valence-corrected chi connectivity index (χ2v) is 5.95. The molecule has 0 spiro atoms. The number of benzene rings is 1. The minimum atomic E-state index is 0. The number of likely N-dealkylation sites (tertiary alicyclic amines) is 1. The summed E-state index contributed by atoms with van der Waals surface area (Å²) < 4.78 is 1.15. The van der Waals surface area contributed by atoms with Crippen LogP contribution >= 0.6 is 35.0 Å². The third-order valence-corrected chi connectivity index (χ3v) is 4.78. The molecule has 0 aliphatic carbocycles. The number of nitrogens with one attached hydrogen (secondary N) is 1. The Hall–Kier alpha value is -0.330. The Kier molecular flexibility index (Phi) is 6.56. The third kappa shape index (κ3) is 3.83. The van der Waals surface area contributed by atoms with Crippen LogP contribution in [0.25, 0.3) is 0 Å². The molecule has 1 amide bonds. The monoisotopic (exact) mass is 394 g/mol. The number of carbonyl (C=O) groups excluding carboxylic acids is 1. The Balaban J connectivity index is 0.00000180. The quantitative estimate of drug-likeness (QED) is 0.782. The molecule has 1 saturated heterocycles. The number of nitrogens with zero attached hydrogens (tertiary/aromatic N) is 1. The van der Waals surface area contributed by atoms with Crippen LogP contribution in [0.15, 0.2) is 18.2 Å². The van der Waals surface area contributed by atoms with Gasteiger partial charge >= 0.3 is 0 Å². The van der Waals surface area contributed by atoms with Crippen LogP contribution < -0.4 is 5.32 Å². The van der Waals surface area contributed by atoms with E-state index < -0.39 is 0 Å². The zero-order valence-corrected chi connectivity index (χ0v) is 14.3. The number of amides is 1. The van der Waals surface area contributed by atoms with Gasteiger partial charge in [-0.3, -0.25) is 4.79 Å². The number of carbonyl (C=O) groups is 1. The summed E-state index contributed by atoms with van der Waals surface area (Å²) >= 11 is 2.28. The van der Waals surface area contributed by atoms with Crippen molar-refractivity contribution in [2.45, 2.75) is 25.8 Å². The number of hydrogen-bond donors (Lipinski definition) is 1. The maximum Gasteiger partial charge on any atom is 0.254 e. The second kappa shape index (κ2) is 7.45. The van der Waals surface area contributed by atoms with Gasteiger partial charge in [0.2, 0.25) is 0 Å². The van der Waals surface area contributed by atoms with Gasteiger partial charge in [0.15, 0.2) is 0 Å². The highest BCUT2D eigenvalue weighted by atomic mass is 127. The molecule has 1 aromatic carbocycles. The van der Waals surface area contributed by atoms with Crippen LogP contribution in [0.2, 0.25) is 0 Å². The van der Waals surface area contributed by atoms with Crippen LogP contribution in [0.4, 0.5) is 0 Å². The van der Waals surface area contributed by atoms with Crippen LogP contribution in [0, 0.1) is 10.5 Å². The van der Waals surface area contributed by atoms with Crippen LogP contribution in [-0.4, -0.2) is 37.0 Å². The van der Waals surface area contributed by atoms with Gasteiger partial charge in [-0.05, 0) is 67.1 Å². The third-order valence-electron chi connectivity index (χ3n) is 3.61. The topological polar surface area (TPSA) is 32.3 Å². The van der Waals surface area contributed by atoms with E-state index in [-0.39, 0.29) is 18.3 Å². The Morgan fingerprint density at radius 3 is 2.89 bits per heavy atom. The summed E-state index contributed by atoms with van der Waals surface area (Å²) in [5.74, 6) is 0.172. The van der Waals surface area contributed by atoms with Crippen LogP contribution in [-0.2, 0) is 0 Å². The fourth-order valence-corrected chi connectivity index (χ4v) is 2.90. The molecule has 0 aromatic heterocycles. The molecule has 1 N–H and O–H groups in total. The largest absolute Gasteiger partial charge is 0.337 e. The predicted molar refractivity (Wildman–Crippen MR) is 89.1 cm³/mol. The van der Waals surface area contributed by atoms with Gasteiger partial charge in [-0.2, -0.15) is 0 Å². The molecule has 1 atom stereocenters. The van der Waals surface area contributed by atoms with E-state index in [1.807, 2.05) is 37.1 Å². The van der Waals surface area contributed by atoms with Gasteiger partial charge in [0.05, 0.1) is 0 Å². The summed E-state index contributed by atoms with van der Waals surface area (Å²) in [5, 5.41) is 3.27. The van der Waals surface area contributed by atoms with Crippen LogP contribution in [0.3, 0.4) is 0 Å². The van der Waals surface area contributed by atoms with Crippen molar-refractivity contribution in [1.29, 1.82) is 0 Å². The smallest absolute Gasteiger partial charge is 0.254 e. The highest BCUT2D eigenvalue weighted by Crippen LogP contribution is 2.19. The molecule has 1 unspecified atom stereocenters. The minimum absolute atomic E-state index is 0. The average molecular weight is 395 g/mol. The maximum atomic E-state index is 12.5. The SMILES string of the molecule is CNC1CCCN(C(=O)c2cccc(I)c2C)C1.Cl. The fourth-order valence-electron chi connectivity index (χ4n) is 2.41. The molecule has 1 aromatic rings. The van der Waals surface area contributed by atoms with Gasteiger partial charge < -0.3 is 10.2 Å². The lowest BCUT2D eigenvalue weighted by molar-refractivity contribution is 0.0697. The Morgan fingerprint density at radius 1 is 1.47 bits per heavy atom. The number of hydrogen-bond acceptors (Lipinski definition) is 2. The van der Waals surface area contributed by atoms with Crippen molar-refractivity contribution < 1.29 is 4.79 Å². The van der Waals surface area contributed by atoms with Crippen molar-refractivity contribution in [3.05, 3.63) is 32.9 Å². The molecule has 5 heteroatoms. The second-order valence-electron chi connectivity index (χ2n) is 4.79. The van der Waals surface area contributed by atoms with Gasteiger partial charge in [0.25, 0.3) is 5.91 Å². The lowest BCUT2D eigenvalue weighted by atomic mass is 10.0. The molecule has 106 valence electrons. The zero-order chi connectivity index (χ0) is 13.1. The Morgan fingerprint density at radius 2 is 2.21 bits per heavy atom. The molecule has 1 aliphatic rings. The molecule has 3 nitrogen and oxygen atoms in total. The summed E-state index contributed by atoms with van der Waals surface area (Å²) in [6, 6.07) is 6.37. The Labute approximate surface area is 134 Å². The number of rotatable bonds is 2. The lowest BCUT2D eigenvalue weighted by Crippen LogP contribution is -2.47. The number of halogens is 2. The maximum absolute atomic E-state index is 12.5. The van der Waals surface area contributed by atoms with Crippen molar-refractivity contribution in [2.24, 2.45) is 0 Å². The van der Waals surface area contributed by atoms with E-state index in [9.17, 15) is 4.79 Å². The highest BCUT2D eigenvalue weighted by molar-refractivity contribution is 14.1. The molecule has 1 fully saturated rings. The summed E-state index contributed by atoms with van der Waals surface area (Å²) in [4.78, 5) is 14.5. The van der Waals surface area contributed by atoms with Crippen LogP contribution in [0.5, 0.6) is 0 Å². The standard InChI is InChI=1S/C14H19IN2O.ClH/c1-10-12(6-3-7-13(10)15)14(18)17-8-4-5-11(9-17)16-2;/h3,6-7,11,16H,4-5,8-9H2,1-2H3;1H. The summed E-state index contributed by atoms with van der Waals surface area (Å²) in [6.07, 6.45) is 2.24. The summed E-state index contributed by atoms with van der Waals surface area (Å²) in [6.45, 7) is 3.72. The zero-order valence-electron chi connectivity index (χ0n) is 11.3. The van der Waals surface area contributed by atoms with Gasteiger partial charge in [0, 0.05) is 28.3 Å². The minimum Gasteiger partial charge on any atom is -0.337 e. The average Bonchev–Trinajstić information content (AvgIpc) is 2.41. The predicted octanol–water partition coefficient (Wildman–Crippen LogP) is 2.85.